The third kappa shape index (κ3) is 1.40. The average Bonchev–Trinajstić information content (AvgIpc) is 2.46. The molecule has 0 unspecified atom stereocenters. The molecule has 2 N–H and O–H groups in total. The molecule has 0 saturated heterocycles. The van der Waals surface area contributed by atoms with Gasteiger partial charge in [0.25, 0.3) is 0 Å². The fraction of sp³-hybridized carbons (Fsp3) is 0.714. The molecule has 5 nitrogen and oxygen atoms in total. The van der Waals surface area contributed by atoms with Crippen molar-refractivity contribution in [3.63, 3.8) is 0 Å². The number of nitrogens with zero attached hydrogens (tertiary/aromatic N) is 4. The lowest BCUT2D eigenvalue weighted by Crippen LogP contribution is -2.17. The summed E-state index contributed by atoms with van der Waals surface area (Å²) in [7, 11) is 3.88. The molecular formula is C7H15N5. The molecule has 0 atom stereocenters. The second-order valence-corrected chi connectivity index (χ2v) is 2.76. The molecule has 1 aromatic heterocycles. The van der Waals surface area contributed by atoms with E-state index in [0.717, 1.165) is 18.3 Å². The van der Waals surface area contributed by atoms with Gasteiger partial charge in [-0.2, -0.15) is 0 Å². The zero-order chi connectivity index (χ0) is 9.14. The van der Waals surface area contributed by atoms with Crippen molar-refractivity contribution in [3.05, 3.63) is 5.82 Å². The van der Waals surface area contributed by atoms with Crippen LogP contribution in [0.2, 0.25) is 0 Å². The fourth-order valence-electron chi connectivity index (χ4n) is 1.13. The topological polar surface area (TPSA) is 60.0 Å². The summed E-state index contributed by atoms with van der Waals surface area (Å²) in [6.07, 6.45) is 0. The predicted octanol–water partition coefficient (Wildman–Crippen LogP) is -0.177. The molecule has 12 heavy (non-hydrogen) atoms. The molecule has 0 aliphatic heterocycles. The third-order valence-electron chi connectivity index (χ3n) is 1.71. The van der Waals surface area contributed by atoms with Gasteiger partial charge >= 0.3 is 0 Å². The van der Waals surface area contributed by atoms with Crippen LogP contribution in [0.4, 0.5) is 5.95 Å². The van der Waals surface area contributed by atoms with Crippen LogP contribution in [0.5, 0.6) is 0 Å². The van der Waals surface area contributed by atoms with E-state index in [4.69, 9.17) is 5.73 Å². The van der Waals surface area contributed by atoms with Crippen molar-refractivity contribution in [3.8, 4) is 0 Å². The zero-order valence-corrected chi connectivity index (χ0v) is 7.78. The van der Waals surface area contributed by atoms with E-state index in [-0.39, 0.29) is 0 Å². The Morgan fingerprint density at radius 2 is 2.08 bits per heavy atom. The molecule has 0 fully saturated rings. The van der Waals surface area contributed by atoms with Crippen molar-refractivity contribution in [2.45, 2.75) is 20.0 Å². The first-order valence-electron chi connectivity index (χ1n) is 4.00. The summed E-state index contributed by atoms with van der Waals surface area (Å²) < 4.78 is 2.00. The summed E-state index contributed by atoms with van der Waals surface area (Å²) in [5.74, 6) is 1.69. The van der Waals surface area contributed by atoms with E-state index in [9.17, 15) is 0 Å². The minimum Gasteiger partial charge on any atom is -0.347 e. The van der Waals surface area contributed by atoms with E-state index < -0.39 is 0 Å². The Balaban J connectivity index is 3.05. The van der Waals surface area contributed by atoms with Gasteiger partial charge < -0.3 is 10.6 Å². The smallest absolute Gasteiger partial charge is 0.226 e. The van der Waals surface area contributed by atoms with Crippen LogP contribution in [0.3, 0.4) is 0 Å². The van der Waals surface area contributed by atoms with Crippen molar-refractivity contribution in [2.75, 3.05) is 19.0 Å². The molecule has 1 rings (SSSR count). The van der Waals surface area contributed by atoms with Crippen molar-refractivity contribution in [2.24, 2.45) is 5.73 Å². The summed E-state index contributed by atoms with van der Waals surface area (Å²) in [6.45, 7) is 3.34. The van der Waals surface area contributed by atoms with Crippen LogP contribution in [-0.2, 0) is 13.1 Å². The highest BCUT2D eigenvalue weighted by Gasteiger charge is 2.09. The number of hydrogen-bond acceptors (Lipinski definition) is 4. The Bertz CT molecular complexity index is 252. The first-order chi connectivity index (χ1) is 5.70. The lowest BCUT2D eigenvalue weighted by atomic mass is 10.5. The monoisotopic (exact) mass is 169 g/mol. The van der Waals surface area contributed by atoms with Crippen molar-refractivity contribution in [1.82, 2.24) is 14.8 Å². The van der Waals surface area contributed by atoms with Gasteiger partial charge in [0.2, 0.25) is 5.95 Å². The van der Waals surface area contributed by atoms with E-state index in [1.165, 1.54) is 0 Å². The highest BCUT2D eigenvalue weighted by Crippen LogP contribution is 2.09. The van der Waals surface area contributed by atoms with Gasteiger partial charge in [0.1, 0.15) is 5.82 Å². The molecule has 0 spiro atoms. The summed E-state index contributed by atoms with van der Waals surface area (Å²) in [6, 6.07) is 0. The maximum absolute atomic E-state index is 5.50. The molecule has 0 aliphatic carbocycles. The van der Waals surface area contributed by atoms with Gasteiger partial charge in [0, 0.05) is 20.6 Å². The van der Waals surface area contributed by atoms with Gasteiger partial charge in [-0.3, -0.25) is 4.57 Å². The molecule has 0 saturated carbocycles. The van der Waals surface area contributed by atoms with E-state index in [0.29, 0.717) is 6.54 Å². The molecule has 5 heteroatoms. The van der Waals surface area contributed by atoms with Crippen molar-refractivity contribution in [1.29, 1.82) is 0 Å². The molecule has 1 heterocycles. The fourth-order valence-corrected chi connectivity index (χ4v) is 1.13. The SMILES string of the molecule is CCn1c(CN)nnc1N(C)C. The number of nitrogens with two attached hydrogens (primary N) is 1. The first-order valence-corrected chi connectivity index (χ1v) is 4.00. The van der Waals surface area contributed by atoms with Crippen LogP contribution in [0, 0.1) is 0 Å². The molecule has 0 radical (unpaired) electrons. The zero-order valence-electron chi connectivity index (χ0n) is 7.78. The lowest BCUT2D eigenvalue weighted by molar-refractivity contribution is 0.693. The van der Waals surface area contributed by atoms with Crippen LogP contribution in [0.25, 0.3) is 0 Å². The molecule has 68 valence electrons. The largest absolute Gasteiger partial charge is 0.347 e. The lowest BCUT2D eigenvalue weighted by Gasteiger charge is -2.12. The standard InChI is InChI=1S/C7H15N5/c1-4-12-6(5-8)9-10-7(12)11(2)3/h4-5,8H2,1-3H3. The summed E-state index contributed by atoms with van der Waals surface area (Å²) in [5, 5.41) is 7.99. The highest BCUT2D eigenvalue weighted by molar-refractivity contribution is 5.27. The summed E-state index contributed by atoms with van der Waals surface area (Å²) in [5.41, 5.74) is 5.50. The normalized spacial score (nSPS) is 10.3. The van der Waals surface area contributed by atoms with Crippen LogP contribution in [0.1, 0.15) is 12.7 Å². The Morgan fingerprint density at radius 1 is 1.42 bits per heavy atom. The Labute approximate surface area is 72.2 Å². The minimum absolute atomic E-state index is 0.439. The minimum atomic E-state index is 0.439. The van der Waals surface area contributed by atoms with Gasteiger partial charge in [0.05, 0.1) is 6.54 Å². The number of hydrogen-bond donors (Lipinski definition) is 1. The molecule has 1 aromatic rings. The predicted molar refractivity (Wildman–Crippen MR) is 47.9 cm³/mol. The number of rotatable bonds is 3. The summed E-state index contributed by atoms with van der Waals surface area (Å²) in [4.78, 5) is 1.93. The molecule has 0 aromatic carbocycles. The maximum atomic E-state index is 5.50. The number of aromatic nitrogens is 3. The Kier molecular flexibility index (Phi) is 2.65. The van der Waals surface area contributed by atoms with Crippen LogP contribution in [0.15, 0.2) is 0 Å². The van der Waals surface area contributed by atoms with Crippen molar-refractivity contribution < 1.29 is 0 Å². The Morgan fingerprint density at radius 3 is 2.50 bits per heavy atom. The third-order valence-corrected chi connectivity index (χ3v) is 1.71. The molecule has 0 aliphatic rings. The average molecular weight is 169 g/mol. The van der Waals surface area contributed by atoms with E-state index in [1.807, 2.05) is 23.6 Å². The van der Waals surface area contributed by atoms with E-state index in [1.54, 1.807) is 0 Å². The van der Waals surface area contributed by atoms with E-state index in [2.05, 4.69) is 17.1 Å². The van der Waals surface area contributed by atoms with Gasteiger partial charge in [-0.15, -0.1) is 10.2 Å². The second kappa shape index (κ2) is 3.53. The van der Waals surface area contributed by atoms with Gasteiger partial charge in [-0.1, -0.05) is 0 Å². The molecule has 0 amide bonds. The Hall–Kier alpha value is -1.10. The van der Waals surface area contributed by atoms with Gasteiger partial charge in [0.15, 0.2) is 0 Å². The quantitative estimate of drug-likeness (QED) is 0.682. The van der Waals surface area contributed by atoms with Gasteiger partial charge in [-0.05, 0) is 6.92 Å². The van der Waals surface area contributed by atoms with Gasteiger partial charge in [-0.25, -0.2) is 0 Å². The highest BCUT2D eigenvalue weighted by atomic mass is 15.4. The summed E-state index contributed by atoms with van der Waals surface area (Å²) >= 11 is 0. The van der Waals surface area contributed by atoms with Crippen LogP contribution >= 0.6 is 0 Å². The first kappa shape index (κ1) is 8.99. The molecular weight excluding hydrogens is 154 g/mol. The van der Waals surface area contributed by atoms with Crippen LogP contribution in [-0.4, -0.2) is 28.9 Å². The van der Waals surface area contributed by atoms with E-state index >= 15 is 0 Å². The molecule has 0 bridgehead atoms. The maximum Gasteiger partial charge on any atom is 0.226 e. The number of anilines is 1. The van der Waals surface area contributed by atoms with Crippen LogP contribution < -0.4 is 10.6 Å². The second-order valence-electron chi connectivity index (χ2n) is 2.76. The van der Waals surface area contributed by atoms with Crippen molar-refractivity contribution >= 4 is 5.95 Å².